The van der Waals surface area contributed by atoms with Crippen LogP contribution in [0, 0.1) is 0 Å². The van der Waals surface area contributed by atoms with Gasteiger partial charge in [0, 0.05) is 20.2 Å². The molecule has 2 rings (SSSR count). The third kappa shape index (κ3) is 5.58. The van der Waals surface area contributed by atoms with Crippen LogP contribution in [0.2, 0.25) is 0 Å². The maximum atomic E-state index is 5.47. The Labute approximate surface area is 151 Å². The van der Waals surface area contributed by atoms with Crippen LogP contribution in [0.25, 0.3) is 10.8 Å². The summed E-state index contributed by atoms with van der Waals surface area (Å²) in [5.74, 6) is 1.36. The minimum absolute atomic E-state index is 0. The van der Waals surface area contributed by atoms with Crippen molar-refractivity contribution in [2.24, 2.45) is 4.99 Å². The fraction of sp³-hybridized carbons (Fsp3) is 0.429. The summed E-state index contributed by atoms with van der Waals surface area (Å²) < 4.78 is 10.6. The van der Waals surface area contributed by atoms with Crippen molar-refractivity contribution < 1.29 is 9.15 Å². The van der Waals surface area contributed by atoms with Crippen molar-refractivity contribution in [3.63, 3.8) is 0 Å². The highest BCUT2D eigenvalue weighted by molar-refractivity contribution is 14.0. The summed E-state index contributed by atoms with van der Waals surface area (Å²) in [6.07, 6.45) is 1.66. The molecule has 0 amide bonds. The van der Waals surface area contributed by atoms with E-state index in [-0.39, 0.29) is 30.0 Å². The van der Waals surface area contributed by atoms with Crippen LogP contribution in [-0.2, 0) is 11.3 Å². The number of rotatable bonds is 6. The van der Waals surface area contributed by atoms with Gasteiger partial charge in [-0.2, -0.15) is 0 Å². The van der Waals surface area contributed by atoms with Gasteiger partial charge in [-0.15, -0.1) is 35.3 Å². The molecule has 0 aliphatic rings. The summed E-state index contributed by atoms with van der Waals surface area (Å²) in [6, 6.07) is 4.14. The van der Waals surface area contributed by atoms with Crippen molar-refractivity contribution in [2.45, 2.75) is 19.5 Å². The van der Waals surface area contributed by atoms with Crippen LogP contribution < -0.4 is 10.6 Å². The highest BCUT2D eigenvalue weighted by Crippen LogP contribution is 2.23. The highest BCUT2D eigenvalue weighted by atomic mass is 127. The molecule has 0 aliphatic heterocycles. The van der Waals surface area contributed by atoms with E-state index in [4.69, 9.17) is 9.15 Å². The number of aliphatic imine (C=N–C) groups is 1. The van der Waals surface area contributed by atoms with E-state index in [1.807, 2.05) is 24.4 Å². The molecule has 0 radical (unpaired) electrons. The Balaban J connectivity index is 0.00000242. The van der Waals surface area contributed by atoms with E-state index in [2.05, 4.69) is 20.6 Å². The standard InChI is InChI=1S/C14H20N4O2S.HI/c1-10(8-19-3)17-14(15-2)16-7-11-9-20-13(18-11)12-5-4-6-21-12;/h4-6,9-10H,7-8H2,1-3H3,(H2,15,16,17);1H. The second kappa shape index (κ2) is 9.80. The maximum absolute atomic E-state index is 5.47. The third-order valence-electron chi connectivity index (χ3n) is 2.74. The topological polar surface area (TPSA) is 71.7 Å². The van der Waals surface area contributed by atoms with Gasteiger partial charge in [-0.25, -0.2) is 4.98 Å². The van der Waals surface area contributed by atoms with E-state index in [1.165, 1.54) is 0 Å². The first kappa shape index (κ1) is 18.9. The molecule has 0 saturated heterocycles. The van der Waals surface area contributed by atoms with Gasteiger partial charge in [0.2, 0.25) is 5.89 Å². The zero-order valence-electron chi connectivity index (χ0n) is 12.8. The average Bonchev–Trinajstić information content (AvgIpc) is 3.14. The maximum Gasteiger partial charge on any atom is 0.236 e. The zero-order chi connectivity index (χ0) is 15.1. The van der Waals surface area contributed by atoms with E-state index in [0.717, 1.165) is 10.6 Å². The van der Waals surface area contributed by atoms with Gasteiger partial charge in [0.05, 0.1) is 23.7 Å². The first-order chi connectivity index (χ1) is 10.2. The lowest BCUT2D eigenvalue weighted by molar-refractivity contribution is 0.179. The van der Waals surface area contributed by atoms with E-state index in [9.17, 15) is 0 Å². The Hall–Kier alpha value is -1.13. The van der Waals surface area contributed by atoms with Crippen molar-refractivity contribution in [3.8, 4) is 10.8 Å². The molecule has 2 N–H and O–H groups in total. The molecular weight excluding hydrogens is 415 g/mol. The molecule has 0 fully saturated rings. The van der Waals surface area contributed by atoms with Gasteiger partial charge in [-0.1, -0.05) is 6.07 Å². The predicted molar refractivity (Wildman–Crippen MR) is 99.9 cm³/mol. The summed E-state index contributed by atoms with van der Waals surface area (Å²) >= 11 is 1.61. The Morgan fingerprint density at radius 1 is 1.55 bits per heavy atom. The number of oxazole rings is 1. The Kier molecular flexibility index (Phi) is 8.43. The number of ether oxygens (including phenoxy) is 1. The molecule has 22 heavy (non-hydrogen) atoms. The van der Waals surface area contributed by atoms with E-state index in [0.29, 0.717) is 25.0 Å². The molecule has 6 nitrogen and oxygen atoms in total. The van der Waals surface area contributed by atoms with Crippen molar-refractivity contribution in [1.82, 2.24) is 15.6 Å². The molecule has 0 bridgehead atoms. The average molecular weight is 436 g/mol. The smallest absolute Gasteiger partial charge is 0.236 e. The Bertz CT molecular complexity index is 571. The number of thiophene rings is 1. The van der Waals surface area contributed by atoms with Crippen LogP contribution in [0.15, 0.2) is 33.2 Å². The van der Waals surface area contributed by atoms with Gasteiger partial charge in [-0.3, -0.25) is 4.99 Å². The van der Waals surface area contributed by atoms with Gasteiger partial charge < -0.3 is 19.8 Å². The summed E-state index contributed by atoms with van der Waals surface area (Å²) in [7, 11) is 3.41. The Morgan fingerprint density at radius 3 is 3.00 bits per heavy atom. The highest BCUT2D eigenvalue weighted by Gasteiger charge is 2.09. The van der Waals surface area contributed by atoms with Crippen molar-refractivity contribution in [2.75, 3.05) is 20.8 Å². The molecule has 8 heteroatoms. The van der Waals surface area contributed by atoms with Gasteiger partial charge in [0.15, 0.2) is 5.96 Å². The van der Waals surface area contributed by atoms with E-state index >= 15 is 0 Å². The van der Waals surface area contributed by atoms with Gasteiger partial charge in [0.25, 0.3) is 0 Å². The second-order valence-corrected chi connectivity index (χ2v) is 5.50. The van der Waals surface area contributed by atoms with Crippen molar-refractivity contribution in [1.29, 1.82) is 0 Å². The molecule has 1 unspecified atom stereocenters. The SMILES string of the molecule is CN=C(NCc1coc(-c2cccs2)n1)NC(C)COC.I. The Morgan fingerprint density at radius 2 is 2.36 bits per heavy atom. The van der Waals surface area contributed by atoms with Crippen LogP contribution in [0.5, 0.6) is 0 Å². The number of nitrogens with one attached hydrogen (secondary N) is 2. The van der Waals surface area contributed by atoms with Crippen LogP contribution in [-0.4, -0.2) is 37.7 Å². The summed E-state index contributed by atoms with van der Waals surface area (Å²) in [5, 5.41) is 8.43. The van der Waals surface area contributed by atoms with Gasteiger partial charge in [0.1, 0.15) is 6.26 Å². The molecule has 2 aromatic rings. The third-order valence-corrected chi connectivity index (χ3v) is 3.60. The molecule has 2 aromatic heterocycles. The largest absolute Gasteiger partial charge is 0.443 e. The number of guanidine groups is 1. The molecule has 1 atom stereocenters. The minimum atomic E-state index is 0. The molecule has 0 spiro atoms. The molecule has 0 aliphatic carbocycles. The number of halogens is 1. The molecular formula is C14H21IN4O2S. The molecule has 0 aromatic carbocycles. The van der Waals surface area contributed by atoms with Crippen molar-refractivity contribution >= 4 is 41.3 Å². The van der Waals surface area contributed by atoms with Crippen LogP contribution in [0.1, 0.15) is 12.6 Å². The predicted octanol–water partition coefficient (Wildman–Crippen LogP) is 2.72. The second-order valence-electron chi connectivity index (χ2n) is 4.55. The number of hydrogen-bond donors (Lipinski definition) is 2. The molecule has 122 valence electrons. The number of methoxy groups -OCH3 is 1. The minimum Gasteiger partial charge on any atom is -0.443 e. The summed E-state index contributed by atoms with van der Waals surface area (Å²) in [4.78, 5) is 9.64. The lowest BCUT2D eigenvalue weighted by Gasteiger charge is -2.16. The summed E-state index contributed by atoms with van der Waals surface area (Å²) in [6.45, 7) is 3.20. The normalized spacial score (nSPS) is 12.6. The lowest BCUT2D eigenvalue weighted by Crippen LogP contribution is -2.43. The fourth-order valence-corrected chi connectivity index (χ4v) is 2.45. The first-order valence-corrected chi connectivity index (χ1v) is 7.55. The number of aromatic nitrogens is 1. The van der Waals surface area contributed by atoms with Crippen LogP contribution >= 0.6 is 35.3 Å². The van der Waals surface area contributed by atoms with Crippen molar-refractivity contribution in [3.05, 3.63) is 29.5 Å². The quantitative estimate of drug-likeness (QED) is 0.414. The first-order valence-electron chi connectivity index (χ1n) is 6.67. The van der Waals surface area contributed by atoms with Crippen LogP contribution in [0.4, 0.5) is 0 Å². The lowest BCUT2D eigenvalue weighted by atomic mass is 10.4. The number of nitrogens with zero attached hydrogens (tertiary/aromatic N) is 2. The van der Waals surface area contributed by atoms with E-state index in [1.54, 1.807) is 31.8 Å². The molecule has 0 saturated carbocycles. The monoisotopic (exact) mass is 436 g/mol. The van der Waals surface area contributed by atoms with Crippen LogP contribution in [0.3, 0.4) is 0 Å². The van der Waals surface area contributed by atoms with E-state index < -0.39 is 0 Å². The number of hydrogen-bond acceptors (Lipinski definition) is 5. The summed E-state index contributed by atoms with van der Waals surface area (Å²) in [5.41, 5.74) is 0.834. The zero-order valence-corrected chi connectivity index (χ0v) is 16.0. The van der Waals surface area contributed by atoms with Gasteiger partial charge >= 0.3 is 0 Å². The molecule has 2 heterocycles. The fourth-order valence-electron chi connectivity index (χ4n) is 1.80. The van der Waals surface area contributed by atoms with Gasteiger partial charge in [-0.05, 0) is 18.4 Å².